The van der Waals surface area contributed by atoms with Gasteiger partial charge in [-0.25, -0.2) is 0 Å². The maximum atomic E-state index is 12.2. The Bertz CT molecular complexity index is 650. The fourth-order valence-electron chi connectivity index (χ4n) is 2.19. The molecule has 0 aliphatic carbocycles. The van der Waals surface area contributed by atoms with Crippen LogP contribution < -0.4 is 0 Å². The standard InChI is InChI=1S/C15H15NO5S/c1-3-22-15-14(9(2)17)12(18)8-13(21-15)10-4-6-11(7-5-10)16(19)20/h4-7,13H,3,8H2,1-2H3. The highest BCUT2D eigenvalue weighted by Gasteiger charge is 2.32. The molecular weight excluding hydrogens is 306 g/mol. The molecule has 0 N–H and O–H groups in total. The number of hydrogen-bond acceptors (Lipinski definition) is 6. The minimum atomic E-state index is -0.523. The average molecular weight is 321 g/mol. The van der Waals surface area contributed by atoms with E-state index >= 15 is 0 Å². The summed E-state index contributed by atoms with van der Waals surface area (Å²) in [5.74, 6) is 0.119. The van der Waals surface area contributed by atoms with Crippen molar-refractivity contribution in [3.05, 3.63) is 50.6 Å². The third-order valence-electron chi connectivity index (χ3n) is 3.21. The van der Waals surface area contributed by atoms with Crippen molar-refractivity contribution in [1.82, 2.24) is 0 Å². The van der Waals surface area contributed by atoms with Gasteiger partial charge in [0.05, 0.1) is 11.3 Å². The zero-order chi connectivity index (χ0) is 16.3. The molecule has 0 bridgehead atoms. The number of benzene rings is 1. The smallest absolute Gasteiger partial charge is 0.269 e. The average Bonchev–Trinajstić information content (AvgIpc) is 2.46. The summed E-state index contributed by atoms with van der Waals surface area (Å²) in [5.41, 5.74) is 0.773. The van der Waals surface area contributed by atoms with Crippen LogP contribution in [0.2, 0.25) is 0 Å². The Morgan fingerprint density at radius 1 is 1.41 bits per heavy atom. The lowest BCUT2D eigenvalue weighted by atomic mass is 9.96. The van der Waals surface area contributed by atoms with Crippen LogP contribution in [0.3, 0.4) is 0 Å². The Balaban J connectivity index is 2.30. The number of nitrogens with zero attached hydrogens (tertiary/aromatic N) is 1. The highest BCUT2D eigenvalue weighted by molar-refractivity contribution is 8.02. The molecule has 116 valence electrons. The Kier molecular flexibility index (Phi) is 4.97. The lowest BCUT2D eigenvalue weighted by molar-refractivity contribution is -0.384. The Labute approximate surface area is 131 Å². The molecule has 0 saturated heterocycles. The maximum Gasteiger partial charge on any atom is 0.269 e. The van der Waals surface area contributed by atoms with Gasteiger partial charge in [0.1, 0.15) is 11.7 Å². The van der Waals surface area contributed by atoms with Crippen molar-refractivity contribution in [2.75, 3.05) is 5.75 Å². The summed E-state index contributed by atoms with van der Waals surface area (Å²) >= 11 is 1.31. The van der Waals surface area contributed by atoms with Crippen molar-refractivity contribution in [1.29, 1.82) is 0 Å². The molecule has 22 heavy (non-hydrogen) atoms. The summed E-state index contributed by atoms with van der Waals surface area (Å²) in [5, 5.41) is 11.0. The van der Waals surface area contributed by atoms with Crippen molar-refractivity contribution in [2.45, 2.75) is 26.4 Å². The number of carbonyl (C=O) groups excluding carboxylic acids is 2. The minimum Gasteiger partial charge on any atom is -0.478 e. The van der Waals surface area contributed by atoms with Gasteiger partial charge in [0, 0.05) is 12.1 Å². The van der Waals surface area contributed by atoms with E-state index in [1.165, 1.54) is 30.8 Å². The van der Waals surface area contributed by atoms with Crippen LogP contribution >= 0.6 is 11.8 Å². The van der Waals surface area contributed by atoms with Crippen molar-refractivity contribution < 1.29 is 19.2 Å². The fraction of sp³-hybridized carbons (Fsp3) is 0.333. The van der Waals surface area contributed by atoms with E-state index in [2.05, 4.69) is 0 Å². The molecule has 0 fully saturated rings. The highest BCUT2D eigenvalue weighted by Crippen LogP contribution is 2.37. The summed E-state index contributed by atoms with van der Waals surface area (Å²) in [6.45, 7) is 3.25. The number of nitro benzene ring substituents is 1. The van der Waals surface area contributed by atoms with Crippen LogP contribution in [0.1, 0.15) is 31.9 Å². The quantitative estimate of drug-likeness (QED) is 0.470. The van der Waals surface area contributed by atoms with E-state index in [0.717, 1.165) is 0 Å². The second kappa shape index (κ2) is 6.74. The first-order valence-corrected chi connectivity index (χ1v) is 7.74. The van der Waals surface area contributed by atoms with Crippen LogP contribution in [0.15, 0.2) is 34.9 Å². The van der Waals surface area contributed by atoms with Crippen LogP contribution in [0.25, 0.3) is 0 Å². The first-order valence-electron chi connectivity index (χ1n) is 6.76. The normalized spacial score (nSPS) is 18.1. The van der Waals surface area contributed by atoms with Gasteiger partial charge in [-0.1, -0.05) is 18.7 Å². The SMILES string of the molecule is CCSC1=C(C(C)=O)C(=O)CC(c2ccc([N+](=O)[O-])cc2)O1. The number of ketones is 2. The third kappa shape index (κ3) is 3.36. The van der Waals surface area contributed by atoms with E-state index in [0.29, 0.717) is 16.4 Å². The second-order valence-electron chi connectivity index (χ2n) is 4.73. The number of rotatable bonds is 5. The lowest BCUT2D eigenvalue weighted by Crippen LogP contribution is -2.23. The molecule has 1 heterocycles. The molecule has 1 unspecified atom stereocenters. The van der Waals surface area contributed by atoms with Crippen LogP contribution in [0, 0.1) is 10.1 Å². The van der Waals surface area contributed by atoms with Crippen molar-refractivity contribution in [3.8, 4) is 0 Å². The van der Waals surface area contributed by atoms with Gasteiger partial charge in [0.25, 0.3) is 5.69 Å². The van der Waals surface area contributed by atoms with Gasteiger partial charge in [-0.2, -0.15) is 0 Å². The molecule has 1 aromatic rings. The number of carbonyl (C=O) groups is 2. The van der Waals surface area contributed by atoms with Crippen LogP contribution in [0.4, 0.5) is 5.69 Å². The Hall–Kier alpha value is -2.15. The first-order chi connectivity index (χ1) is 10.4. The fourth-order valence-corrected chi connectivity index (χ4v) is 3.04. The molecule has 0 aromatic heterocycles. The molecule has 1 aromatic carbocycles. The van der Waals surface area contributed by atoms with E-state index in [1.807, 2.05) is 6.92 Å². The summed E-state index contributed by atoms with van der Waals surface area (Å²) in [6, 6.07) is 5.90. The van der Waals surface area contributed by atoms with Gasteiger partial charge in [-0.05, 0) is 30.4 Å². The lowest BCUT2D eigenvalue weighted by Gasteiger charge is -2.26. The monoisotopic (exact) mass is 321 g/mol. The van der Waals surface area contributed by atoms with Gasteiger partial charge in [-0.3, -0.25) is 19.7 Å². The van der Waals surface area contributed by atoms with Gasteiger partial charge in [0.2, 0.25) is 0 Å². The number of non-ortho nitro benzene ring substituents is 1. The zero-order valence-electron chi connectivity index (χ0n) is 12.2. The van der Waals surface area contributed by atoms with E-state index < -0.39 is 11.0 Å². The summed E-state index contributed by atoms with van der Waals surface area (Å²) < 4.78 is 5.79. The number of allylic oxidation sites excluding steroid dienone is 1. The van der Waals surface area contributed by atoms with Gasteiger partial charge in [-0.15, -0.1) is 0 Å². The number of thioether (sulfide) groups is 1. The highest BCUT2D eigenvalue weighted by atomic mass is 32.2. The third-order valence-corrected chi connectivity index (χ3v) is 4.06. The zero-order valence-corrected chi connectivity index (χ0v) is 13.0. The predicted octanol–water partition coefficient (Wildman–Crippen LogP) is 3.18. The number of Topliss-reactive ketones (excluding diaryl/α,β-unsaturated/α-hetero) is 2. The van der Waals surface area contributed by atoms with Gasteiger partial charge in [0.15, 0.2) is 16.7 Å². The van der Waals surface area contributed by atoms with E-state index in [9.17, 15) is 19.7 Å². The topological polar surface area (TPSA) is 86.5 Å². The molecular formula is C15H15NO5S. The van der Waals surface area contributed by atoms with Crippen molar-refractivity contribution >= 4 is 29.0 Å². The molecule has 1 aliphatic heterocycles. The molecule has 6 nitrogen and oxygen atoms in total. The summed E-state index contributed by atoms with van der Waals surface area (Å²) in [4.78, 5) is 34.0. The van der Waals surface area contributed by atoms with Crippen LogP contribution in [-0.2, 0) is 14.3 Å². The van der Waals surface area contributed by atoms with Gasteiger partial charge >= 0.3 is 0 Å². The largest absolute Gasteiger partial charge is 0.478 e. The van der Waals surface area contributed by atoms with E-state index in [-0.39, 0.29) is 29.2 Å². The number of hydrogen-bond donors (Lipinski definition) is 0. The van der Waals surface area contributed by atoms with E-state index in [1.54, 1.807) is 12.1 Å². The number of nitro groups is 1. The second-order valence-corrected chi connectivity index (χ2v) is 5.97. The van der Waals surface area contributed by atoms with Crippen LogP contribution in [-0.4, -0.2) is 22.2 Å². The van der Waals surface area contributed by atoms with Gasteiger partial charge < -0.3 is 4.74 Å². The van der Waals surface area contributed by atoms with E-state index in [4.69, 9.17) is 4.74 Å². The number of ether oxygens (including phenoxy) is 1. The molecule has 0 radical (unpaired) electrons. The first kappa shape index (κ1) is 16.2. The molecule has 7 heteroatoms. The molecule has 0 amide bonds. The maximum absolute atomic E-state index is 12.2. The Morgan fingerprint density at radius 3 is 2.55 bits per heavy atom. The summed E-state index contributed by atoms with van der Waals surface area (Å²) in [7, 11) is 0. The molecule has 0 spiro atoms. The van der Waals surface area contributed by atoms with Crippen molar-refractivity contribution in [3.63, 3.8) is 0 Å². The van der Waals surface area contributed by atoms with Crippen LogP contribution in [0.5, 0.6) is 0 Å². The molecule has 1 aliphatic rings. The minimum absolute atomic E-state index is 0.0194. The summed E-state index contributed by atoms with van der Waals surface area (Å²) in [6.07, 6.45) is -0.467. The molecule has 1 atom stereocenters. The molecule has 2 rings (SSSR count). The predicted molar refractivity (Wildman–Crippen MR) is 82.4 cm³/mol. The Morgan fingerprint density at radius 2 is 2.05 bits per heavy atom. The molecule has 0 saturated carbocycles. The van der Waals surface area contributed by atoms with Crippen molar-refractivity contribution in [2.24, 2.45) is 0 Å².